The average Bonchev–Trinajstić information content (AvgIpc) is 3.09. The molecule has 0 aromatic carbocycles. The van der Waals surface area contributed by atoms with Gasteiger partial charge in [-0.05, 0) is 32.0 Å². The predicted octanol–water partition coefficient (Wildman–Crippen LogP) is 1.78. The van der Waals surface area contributed by atoms with Crippen molar-refractivity contribution >= 4 is 17.3 Å². The van der Waals surface area contributed by atoms with E-state index in [1.54, 1.807) is 10.6 Å². The largest absolute Gasteiger partial charge is 0.347 e. The maximum Gasteiger partial charge on any atom is 0.287 e. The fourth-order valence-electron chi connectivity index (χ4n) is 4.01. The Bertz CT molecular complexity index is 832. The van der Waals surface area contributed by atoms with Gasteiger partial charge in [0.1, 0.15) is 0 Å². The van der Waals surface area contributed by atoms with Gasteiger partial charge in [0, 0.05) is 38.4 Å². The van der Waals surface area contributed by atoms with Crippen LogP contribution < -0.4 is 5.32 Å². The fraction of sp³-hybridized carbons (Fsp3) is 0.550. The fourth-order valence-corrected chi connectivity index (χ4v) is 4.01. The van der Waals surface area contributed by atoms with Crippen LogP contribution in [0.4, 0.5) is 0 Å². The number of nitrogens with zero attached hydrogens (tertiary/aromatic N) is 4. The summed E-state index contributed by atoms with van der Waals surface area (Å²) in [5.41, 5.74) is 1.06. The van der Waals surface area contributed by atoms with Gasteiger partial charge in [0.05, 0.1) is 5.52 Å². The monoisotopic (exact) mass is 369 g/mol. The first-order chi connectivity index (χ1) is 13.1. The molecule has 0 unspecified atom stereocenters. The third-order valence-electron chi connectivity index (χ3n) is 5.68. The molecule has 2 amide bonds. The summed E-state index contributed by atoms with van der Waals surface area (Å²) >= 11 is 0. The number of imidazole rings is 1. The van der Waals surface area contributed by atoms with Crippen LogP contribution >= 0.6 is 0 Å². The number of hydrogen-bond donors (Lipinski definition) is 1. The van der Waals surface area contributed by atoms with Crippen molar-refractivity contribution in [2.75, 3.05) is 33.2 Å². The number of rotatable bonds is 3. The molecule has 3 heterocycles. The molecule has 27 heavy (non-hydrogen) atoms. The Morgan fingerprint density at radius 2 is 1.81 bits per heavy atom. The van der Waals surface area contributed by atoms with Gasteiger partial charge in [0.15, 0.2) is 5.69 Å². The van der Waals surface area contributed by atoms with Crippen molar-refractivity contribution in [1.29, 1.82) is 0 Å². The SMILES string of the molecule is CN1CCN(C(=O)c2nc(C(=O)NC3CCCCC3)n3ccccc23)CC1. The van der Waals surface area contributed by atoms with Gasteiger partial charge in [-0.2, -0.15) is 0 Å². The van der Waals surface area contributed by atoms with Crippen molar-refractivity contribution in [3.05, 3.63) is 35.9 Å². The Kier molecular flexibility index (Phi) is 5.11. The number of fused-ring (bicyclic) bond motifs is 1. The van der Waals surface area contributed by atoms with E-state index in [2.05, 4.69) is 22.2 Å². The molecule has 0 atom stereocenters. The third-order valence-corrected chi connectivity index (χ3v) is 5.68. The van der Waals surface area contributed by atoms with Crippen molar-refractivity contribution in [2.45, 2.75) is 38.1 Å². The van der Waals surface area contributed by atoms with Crippen molar-refractivity contribution < 1.29 is 9.59 Å². The van der Waals surface area contributed by atoms with E-state index in [1.165, 1.54) is 6.42 Å². The second-order valence-corrected chi connectivity index (χ2v) is 7.64. The zero-order valence-electron chi connectivity index (χ0n) is 15.9. The van der Waals surface area contributed by atoms with Crippen LogP contribution in [0, 0.1) is 0 Å². The smallest absolute Gasteiger partial charge is 0.287 e. The van der Waals surface area contributed by atoms with Gasteiger partial charge in [0.2, 0.25) is 5.82 Å². The van der Waals surface area contributed by atoms with E-state index < -0.39 is 0 Å². The Morgan fingerprint density at radius 1 is 1.07 bits per heavy atom. The lowest BCUT2D eigenvalue weighted by Crippen LogP contribution is -2.47. The number of piperazine rings is 1. The van der Waals surface area contributed by atoms with Crippen LogP contribution in [0.3, 0.4) is 0 Å². The van der Waals surface area contributed by atoms with Gasteiger partial charge in [-0.1, -0.05) is 25.3 Å². The van der Waals surface area contributed by atoms with Crippen LogP contribution in [0.25, 0.3) is 5.52 Å². The van der Waals surface area contributed by atoms with Crippen molar-refractivity contribution in [3.63, 3.8) is 0 Å². The Labute approximate surface area is 159 Å². The molecular weight excluding hydrogens is 342 g/mol. The number of amides is 2. The molecule has 4 rings (SSSR count). The van der Waals surface area contributed by atoms with Crippen LogP contribution in [0.2, 0.25) is 0 Å². The summed E-state index contributed by atoms with van der Waals surface area (Å²) in [5, 5.41) is 3.11. The Morgan fingerprint density at radius 3 is 2.56 bits per heavy atom. The van der Waals surface area contributed by atoms with Gasteiger partial charge >= 0.3 is 0 Å². The standard InChI is InChI=1S/C20H27N5O2/c1-23-11-13-24(14-12-23)20(27)17-16-9-5-6-10-25(16)18(22-17)19(26)21-15-7-3-2-4-8-15/h5-6,9-10,15H,2-4,7-8,11-14H2,1H3,(H,21,26). The first-order valence-corrected chi connectivity index (χ1v) is 9.89. The Balaban J connectivity index is 1.60. The summed E-state index contributed by atoms with van der Waals surface area (Å²) in [6.45, 7) is 3.08. The lowest BCUT2D eigenvalue weighted by atomic mass is 9.95. The molecule has 1 aliphatic carbocycles. The van der Waals surface area contributed by atoms with Crippen LogP contribution in [0.5, 0.6) is 0 Å². The molecule has 1 saturated heterocycles. The quantitative estimate of drug-likeness (QED) is 0.895. The highest BCUT2D eigenvalue weighted by Gasteiger charge is 2.27. The van der Waals surface area contributed by atoms with E-state index in [4.69, 9.17) is 0 Å². The van der Waals surface area contributed by atoms with Gasteiger partial charge < -0.3 is 15.1 Å². The first kappa shape index (κ1) is 18.0. The van der Waals surface area contributed by atoms with E-state index in [-0.39, 0.29) is 17.9 Å². The summed E-state index contributed by atoms with van der Waals surface area (Å²) in [5.74, 6) is 0.0118. The minimum Gasteiger partial charge on any atom is -0.347 e. The summed E-state index contributed by atoms with van der Waals surface area (Å²) < 4.78 is 1.74. The van der Waals surface area contributed by atoms with E-state index in [0.717, 1.165) is 38.8 Å². The Hall–Kier alpha value is -2.41. The molecule has 1 N–H and O–H groups in total. The molecule has 0 spiro atoms. The summed E-state index contributed by atoms with van der Waals surface area (Å²) in [7, 11) is 2.06. The van der Waals surface area contributed by atoms with Gasteiger partial charge in [-0.3, -0.25) is 14.0 Å². The number of hydrogen-bond acceptors (Lipinski definition) is 4. The summed E-state index contributed by atoms with van der Waals surface area (Å²) in [4.78, 5) is 34.4. The van der Waals surface area contributed by atoms with E-state index in [0.29, 0.717) is 30.1 Å². The predicted molar refractivity (Wildman–Crippen MR) is 103 cm³/mol. The maximum atomic E-state index is 13.0. The van der Waals surface area contributed by atoms with E-state index in [9.17, 15) is 9.59 Å². The molecular formula is C20H27N5O2. The highest BCUT2D eigenvalue weighted by atomic mass is 16.2. The zero-order valence-corrected chi connectivity index (χ0v) is 15.9. The molecule has 2 aromatic rings. The minimum atomic E-state index is -0.194. The normalized spacial score (nSPS) is 19.4. The maximum absolute atomic E-state index is 13.0. The number of likely N-dealkylation sites (N-methyl/N-ethyl adjacent to an activating group) is 1. The highest BCUT2D eigenvalue weighted by molar-refractivity contribution is 6.02. The van der Waals surface area contributed by atoms with Crippen LogP contribution in [0.15, 0.2) is 24.4 Å². The number of aromatic nitrogens is 2. The molecule has 0 bridgehead atoms. The van der Waals surface area contributed by atoms with Crippen molar-refractivity contribution in [2.24, 2.45) is 0 Å². The third kappa shape index (κ3) is 3.69. The molecule has 7 heteroatoms. The molecule has 1 saturated carbocycles. The molecule has 2 fully saturated rings. The number of nitrogens with one attached hydrogen (secondary N) is 1. The highest BCUT2D eigenvalue weighted by Crippen LogP contribution is 2.20. The summed E-state index contributed by atoms with van der Waals surface area (Å²) in [6.07, 6.45) is 7.38. The number of carbonyl (C=O) groups excluding carboxylic acids is 2. The second-order valence-electron chi connectivity index (χ2n) is 7.64. The molecule has 2 aliphatic rings. The summed E-state index contributed by atoms with van der Waals surface area (Å²) in [6, 6.07) is 5.80. The lowest BCUT2D eigenvalue weighted by Gasteiger charge is -2.32. The van der Waals surface area contributed by atoms with Crippen molar-refractivity contribution in [1.82, 2.24) is 24.5 Å². The van der Waals surface area contributed by atoms with E-state index >= 15 is 0 Å². The minimum absolute atomic E-state index is 0.0940. The molecule has 144 valence electrons. The lowest BCUT2D eigenvalue weighted by molar-refractivity contribution is 0.0661. The van der Waals surface area contributed by atoms with Crippen LogP contribution in [-0.4, -0.2) is 70.3 Å². The van der Waals surface area contributed by atoms with Crippen molar-refractivity contribution in [3.8, 4) is 0 Å². The molecule has 7 nitrogen and oxygen atoms in total. The van der Waals surface area contributed by atoms with E-state index in [1.807, 2.05) is 23.1 Å². The van der Waals surface area contributed by atoms with Crippen LogP contribution in [-0.2, 0) is 0 Å². The number of pyridine rings is 1. The molecule has 0 radical (unpaired) electrons. The molecule has 1 aliphatic heterocycles. The average molecular weight is 369 g/mol. The zero-order chi connectivity index (χ0) is 18.8. The second kappa shape index (κ2) is 7.68. The molecule has 2 aromatic heterocycles. The topological polar surface area (TPSA) is 69.9 Å². The van der Waals surface area contributed by atoms with Gasteiger partial charge in [-0.25, -0.2) is 4.98 Å². The van der Waals surface area contributed by atoms with Gasteiger partial charge in [0.25, 0.3) is 11.8 Å². The van der Waals surface area contributed by atoms with Crippen LogP contribution in [0.1, 0.15) is 53.2 Å². The first-order valence-electron chi connectivity index (χ1n) is 9.89. The van der Waals surface area contributed by atoms with Gasteiger partial charge in [-0.15, -0.1) is 0 Å². The number of carbonyl (C=O) groups is 2.